The Kier molecular flexibility index (Phi) is 8.16. The van der Waals surface area contributed by atoms with Crippen molar-refractivity contribution in [3.63, 3.8) is 0 Å². The van der Waals surface area contributed by atoms with Crippen molar-refractivity contribution in [2.75, 3.05) is 7.11 Å². The maximum absolute atomic E-state index is 13.4. The number of amides is 1. The predicted octanol–water partition coefficient (Wildman–Crippen LogP) is 3.37. The molecule has 15 heteroatoms. The third-order valence-electron chi connectivity index (χ3n) is 6.40. The van der Waals surface area contributed by atoms with Gasteiger partial charge in [0.25, 0.3) is 0 Å². The summed E-state index contributed by atoms with van der Waals surface area (Å²) in [7, 11) is -2.88. The molecular weight excluding hydrogens is 556 g/mol. The highest BCUT2D eigenvalue weighted by Crippen LogP contribution is 2.36. The van der Waals surface area contributed by atoms with E-state index in [0.29, 0.717) is 0 Å². The number of rotatable bonds is 8. The second kappa shape index (κ2) is 11.3. The Morgan fingerprint density at radius 3 is 2.42 bits per heavy atom. The molecule has 4 rings (SSSR count). The van der Waals surface area contributed by atoms with E-state index in [1.165, 1.54) is 13.2 Å². The molecule has 1 saturated heterocycles. The van der Waals surface area contributed by atoms with Gasteiger partial charge in [0, 0.05) is 24.0 Å². The van der Waals surface area contributed by atoms with Gasteiger partial charge in [-0.1, -0.05) is 6.08 Å². The first-order valence-electron chi connectivity index (χ1n) is 11.9. The van der Waals surface area contributed by atoms with Crippen molar-refractivity contribution >= 4 is 15.9 Å². The number of carbonyl (C=O) groups excluding carboxylic acids is 1. The zero-order valence-electron chi connectivity index (χ0n) is 21.3. The normalized spacial score (nSPS) is 19.8. The number of alkyl halides is 3. The van der Waals surface area contributed by atoms with Crippen LogP contribution in [0.4, 0.5) is 17.6 Å². The number of nitrogens with one attached hydrogen (secondary N) is 1. The second-order valence-electron chi connectivity index (χ2n) is 8.92. The number of aromatic nitrogens is 4. The van der Waals surface area contributed by atoms with Gasteiger partial charge in [0.1, 0.15) is 11.9 Å². The summed E-state index contributed by atoms with van der Waals surface area (Å²) in [6.07, 6.45) is -1.06. The van der Waals surface area contributed by atoms with E-state index in [0.717, 1.165) is 41.0 Å². The van der Waals surface area contributed by atoms with Crippen molar-refractivity contribution < 1.29 is 35.5 Å². The van der Waals surface area contributed by atoms with Crippen LogP contribution in [0.1, 0.15) is 24.9 Å². The van der Waals surface area contributed by atoms with Crippen LogP contribution in [0.15, 0.2) is 60.3 Å². The number of hydrogen-bond acceptors (Lipinski definition) is 8. The molecule has 1 aliphatic rings. The van der Waals surface area contributed by atoms with Gasteiger partial charge < -0.3 is 10.1 Å². The zero-order valence-corrected chi connectivity index (χ0v) is 22.1. The van der Waals surface area contributed by atoms with Crippen molar-refractivity contribution in [1.82, 2.24) is 29.6 Å². The number of methoxy groups -OCH3 is 1. The van der Waals surface area contributed by atoms with Gasteiger partial charge in [-0.05, 0) is 49.6 Å². The van der Waals surface area contributed by atoms with Crippen LogP contribution in [0.2, 0.25) is 0 Å². The van der Waals surface area contributed by atoms with Crippen LogP contribution in [0.5, 0.6) is 6.01 Å². The van der Waals surface area contributed by atoms with Crippen LogP contribution in [-0.4, -0.2) is 57.8 Å². The third kappa shape index (κ3) is 5.94. The fourth-order valence-corrected chi connectivity index (χ4v) is 6.20. The summed E-state index contributed by atoms with van der Waals surface area (Å²) in [5, 5.41) is 2.66. The molecule has 0 unspecified atom stereocenters. The summed E-state index contributed by atoms with van der Waals surface area (Å²) in [6.45, 7) is 5.23. The molecule has 0 spiro atoms. The zero-order chi connectivity index (χ0) is 29.2. The molecule has 40 heavy (non-hydrogen) atoms. The lowest BCUT2D eigenvalue weighted by Gasteiger charge is -2.27. The maximum atomic E-state index is 13.4. The first-order valence-corrected chi connectivity index (χ1v) is 13.3. The predicted molar refractivity (Wildman–Crippen MR) is 133 cm³/mol. The summed E-state index contributed by atoms with van der Waals surface area (Å²) in [5.41, 5.74) is 0.525. The fraction of sp³-hybridized carbons (Fsp3) is 0.320. The first-order chi connectivity index (χ1) is 18.8. The summed E-state index contributed by atoms with van der Waals surface area (Å²) < 4.78 is 84.9. The lowest BCUT2D eigenvalue weighted by Crippen LogP contribution is -2.48. The van der Waals surface area contributed by atoms with Crippen LogP contribution in [-0.2, 0) is 27.5 Å². The second-order valence-corrected chi connectivity index (χ2v) is 10.8. The minimum absolute atomic E-state index is 0.122. The molecule has 1 amide bonds. The fourth-order valence-electron chi connectivity index (χ4n) is 4.37. The minimum atomic E-state index is -4.71. The highest BCUT2D eigenvalue weighted by Gasteiger charge is 2.47. The van der Waals surface area contributed by atoms with Crippen molar-refractivity contribution in [2.24, 2.45) is 5.92 Å². The summed E-state index contributed by atoms with van der Waals surface area (Å²) in [6, 6.07) is 3.90. The number of sulfonamides is 1. The lowest BCUT2D eigenvalue weighted by atomic mass is 10.0. The van der Waals surface area contributed by atoms with Crippen LogP contribution >= 0.6 is 0 Å². The standard InChI is InChI=1S/C25H24F4N6O4S/c1-4-15-9-21(35(14(15)2)40(37,38)19-7-5-17(26)6-8-19)22(36)30-13-18-10-20(34-24(33-18)39-3)16-11-31-23(32-12-16)25(27,28)29/h4-8,10-12,14-15,21H,1,9,13H2,2-3H3,(H,30,36)/t14-,15+,21-/m0/s1. The average Bonchev–Trinajstić information content (AvgIpc) is 3.28. The van der Waals surface area contributed by atoms with E-state index in [-0.39, 0.29) is 46.7 Å². The van der Waals surface area contributed by atoms with Gasteiger partial charge in [0.15, 0.2) is 0 Å². The molecule has 0 aliphatic carbocycles. The molecule has 3 heterocycles. The van der Waals surface area contributed by atoms with Gasteiger partial charge in [0.05, 0.1) is 29.9 Å². The Labute approximate surface area is 227 Å². The number of halogens is 4. The third-order valence-corrected chi connectivity index (χ3v) is 8.41. The Hall–Kier alpha value is -3.98. The van der Waals surface area contributed by atoms with Crippen LogP contribution in [0.25, 0.3) is 11.3 Å². The van der Waals surface area contributed by atoms with E-state index < -0.39 is 45.8 Å². The highest BCUT2D eigenvalue weighted by atomic mass is 32.2. The Morgan fingerprint density at radius 2 is 1.85 bits per heavy atom. The summed E-state index contributed by atoms with van der Waals surface area (Å²) >= 11 is 0. The quantitative estimate of drug-likeness (QED) is 0.318. The first kappa shape index (κ1) is 29.0. The topological polar surface area (TPSA) is 127 Å². The Bertz CT molecular complexity index is 1500. The van der Waals surface area contributed by atoms with E-state index in [1.54, 1.807) is 13.0 Å². The van der Waals surface area contributed by atoms with Gasteiger partial charge in [0.2, 0.25) is 21.8 Å². The number of nitrogens with zero attached hydrogens (tertiary/aromatic N) is 5. The molecule has 212 valence electrons. The molecule has 2 aromatic heterocycles. The molecular formula is C25H24F4N6O4S. The summed E-state index contributed by atoms with van der Waals surface area (Å²) in [4.78, 5) is 28.0. The molecule has 1 N–H and O–H groups in total. The van der Waals surface area contributed by atoms with Crippen LogP contribution in [0, 0.1) is 11.7 Å². The lowest BCUT2D eigenvalue weighted by molar-refractivity contribution is -0.145. The molecule has 1 fully saturated rings. The van der Waals surface area contributed by atoms with Gasteiger partial charge in [-0.2, -0.15) is 27.4 Å². The molecule has 3 aromatic rings. The molecule has 0 radical (unpaired) electrons. The summed E-state index contributed by atoms with van der Waals surface area (Å²) in [5.74, 6) is -2.85. The van der Waals surface area contributed by atoms with Crippen LogP contribution < -0.4 is 10.1 Å². The molecule has 0 saturated carbocycles. The Morgan fingerprint density at radius 1 is 1.20 bits per heavy atom. The highest BCUT2D eigenvalue weighted by molar-refractivity contribution is 7.89. The van der Waals surface area contributed by atoms with Gasteiger partial charge in [-0.25, -0.2) is 22.8 Å². The maximum Gasteiger partial charge on any atom is 0.451 e. The van der Waals surface area contributed by atoms with Crippen LogP contribution in [0.3, 0.4) is 0 Å². The van der Waals surface area contributed by atoms with E-state index in [9.17, 15) is 30.8 Å². The average molecular weight is 581 g/mol. The molecule has 0 bridgehead atoms. The van der Waals surface area contributed by atoms with Gasteiger partial charge >= 0.3 is 12.2 Å². The molecule has 1 aromatic carbocycles. The van der Waals surface area contributed by atoms with E-state index in [1.807, 2.05) is 0 Å². The number of ether oxygens (including phenoxy) is 1. The van der Waals surface area contributed by atoms with E-state index in [4.69, 9.17) is 4.74 Å². The molecule has 10 nitrogen and oxygen atoms in total. The number of benzene rings is 1. The van der Waals surface area contributed by atoms with Crippen molar-refractivity contribution in [1.29, 1.82) is 0 Å². The monoisotopic (exact) mass is 580 g/mol. The smallest absolute Gasteiger partial charge is 0.451 e. The minimum Gasteiger partial charge on any atom is -0.467 e. The Balaban J connectivity index is 1.57. The molecule has 1 aliphatic heterocycles. The number of hydrogen-bond donors (Lipinski definition) is 1. The SMILES string of the molecule is C=C[C@@H]1C[C@@H](C(=O)NCc2cc(-c3cnc(C(F)(F)F)nc3)nc(OC)n2)N(S(=O)(=O)c2ccc(F)cc2)[C@H]1C. The van der Waals surface area contributed by atoms with Crippen molar-refractivity contribution in [3.05, 3.63) is 72.7 Å². The van der Waals surface area contributed by atoms with E-state index >= 15 is 0 Å². The molecule has 3 atom stereocenters. The van der Waals surface area contributed by atoms with Crippen molar-refractivity contribution in [3.8, 4) is 17.3 Å². The largest absolute Gasteiger partial charge is 0.467 e. The van der Waals surface area contributed by atoms with Crippen molar-refractivity contribution in [2.45, 2.75) is 43.0 Å². The van der Waals surface area contributed by atoms with E-state index in [2.05, 4.69) is 31.8 Å². The van der Waals surface area contributed by atoms with Gasteiger partial charge in [-0.3, -0.25) is 4.79 Å². The van der Waals surface area contributed by atoms with Gasteiger partial charge in [-0.15, -0.1) is 6.58 Å². The number of carbonyl (C=O) groups is 1.